The third kappa shape index (κ3) is 4.07. The second kappa shape index (κ2) is 8.52. The summed E-state index contributed by atoms with van der Waals surface area (Å²) < 4.78 is 31.3. The minimum absolute atomic E-state index is 0.0261. The average Bonchev–Trinajstić information content (AvgIpc) is 3.39. The van der Waals surface area contributed by atoms with E-state index in [1.165, 1.54) is 4.68 Å². The van der Waals surface area contributed by atoms with Crippen LogP contribution in [-0.2, 0) is 15.7 Å². The van der Waals surface area contributed by atoms with Crippen molar-refractivity contribution < 1.29 is 22.7 Å². The van der Waals surface area contributed by atoms with Crippen LogP contribution >= 0.6 is 0 Å². The Morgan fingerprint density at radius 3 is 2.82 bits per heavy atom. The van der Waals surface area contributed by atoms with E-state index in [1.807, 2.05) is 31.2 Å². The van der Waals surface area contributed by atoms with Crippen molar-refractivity contribution in [2.75, 3.05) is 19.3 Å². The number of carbonyl (C=O) groups is 1. The van der Waals surface area contributed by atoms with Crippen LogP contribution in [0, 0.1) is 5.92 Å². The highest BCUT2D eigenvalue weighted by atomic mass is 32.2. The van der Waals surface area contributed by atoms with E-state index in [0.717, 1.165) is 23.6 Å². The lowest BCUT2D eigenvalue weighted by Crippen LogP contribution is -2.46. The Labute approximate surface area is 196 Å². The first-order valence-electron chi connectivity index (χ1n) is 11.2. The van der Waals surface area contributed by atoms with Crippen LogP contribution in [0.1, 0.15) is 30.3 Å². The number of nitrogens with zero attached hydrogens (tertiary/aromatic N) is 4. The van der Waals surface area contributed by atoms with Gasteiger partial charge in [0, 0.05) is 47.8 Å². The van der Waals surface area contributed by atoms with Crippen molar-refractivity contribution in [1.29, 1.82) is 0 Å². The van der Waals surface area contributed by atoms with E-state index in [2.05, 4.69) is 10.1 Å². The van der Waals surface area contributed by atoms with Gasteiger partial charge in [0.05, 0.1) is 11.6 Å². The fraction of sp³-hybridized carbons (Fsp3) is 0.375. The summed E-state index contributed by atoms with van der Waals surface area (Å²) in [5.41, 5.74) is 2.69. The molecular formula is C24H26N4O5S. The summed E-state index contributed by atoms with van der Waals surface area (Å²) in [6, 6.07) is 9.13. The van der Waals surface area contributed by atoms with Gasteiger partial charge < -0.3 is 14.4 Å². The second-order valence-electron chi connectivity index (χ2n) is 8.91. The number of hydrogen-bond acceptors (Lipinski definition) is 7. The van der Waals surface area contributed by atoms with E-state index >= 15 is 0 Å². The van der Waals surface area contributed by atoms with E-state index in [9.17, 15) is 18.3 Å². The zero-order chi connectivity index (χ0) is 24.0. The highest BCUT2D eigenvalue weighted by Crippen LogP contribution is 2.35. The Morgan fingerprint density at radius 1 is 1.26 bits per heavy atom. The second-order valence-corrected chi connectivity index (χ2v) is 11.0. The van der Waals surface area contributed by atoms with Gasteiger partial charge >= 0.3 is 0 Å². The predicted octanol–water partition coefficient (Wildman–Crippen LogP) is 3.08. The molecule has 34 heavy (non-hydrogen) atoms. The van der Waals surface area contributed by atoms with Gasteiger partial charge in [-0.2, -0.15) is 5.10 Å². The molecule has 178 valence electrons. The number of benzene rings is 1. The van der Waals surface area contributed by atoms with Gasteiger partial charge in [0.2, 0.25) is 0 Å². The molecule has 1 saturated heterocycles. The number of aliphatic hydroxyl groups is 1. The quantitative estimate of drug-likeness (QED) is 0.464. The zero-order valence-electron chi connectivity index (χ0n) is 19.0. The van der Waals surface area contributed by atoms with E-state index in [1.54, 1.807) is 23.4 Å². The van der Waals surface area contributed by atoms with Gasteiger partial charge in [0.15, 0.2) is 9.84 Å². The van der Waals surface area contributed by atoms with Crippen molar-refractivity contribution in [1.82, 2.24) is 19.7 Å². The Hall–Kier alpha value is -3.24. The fourth-order valence-electron chi connectivity index (χ4n) is 4.63. The largest absolute Gasteiger partial charge is 0.464 e. The number of hydrogen-bond donors (Lipinski definition) is 1. The lowest BCUT2D eigenvalue weighted by molar-refractivity contribution is 0.0226. The van der Waals surface area contributed by atoms with Gasteiger partial charge in [-0.3, -0.25) is 9.78 Å². The molecule has 4 heterocycles. The van der Waals surface area contributed by atoms with Crippen LogP contribution in [0.25, 0.3) is 33.1 Å². The van der Waals surface area contributed by atoms with Gasteiger partial charge in [-0.25, -0.2) is 13.1 Å². The van der Waals surface area contributed by atoms with Crippen molar-refractivity contribution in [3.63, 3.8) is 0 Å². The molecule has 10 heteroatoms. The van der Waals surface area contributed by atoms with Crippen molar-refractivity contribution >= 4 is 37.6 Å². The van der Waals surface area contributed by atoms with Crippen molar-refractivity contribution in [2.24, 2.45) is 5.92 Å². The Bertz CT molecular complexity index is 1490. The summed E-state index contributed by atoms with van der Waals surface area (Å²) in [7, 11) is -3.40. The highest BCUT2D eigenvalue weighted by Gasteiger charge is 2.30. The highest BCUT2D eigenvalue weighted by molar-refractivity contribution is 7.89. The van der Waals surface area contributed by atoms with Crippen LogP contribution in [0.3, 0.4) is 0 Å². The van der Waals surface area contributed by atoms with E-state index < -0.39 is 15.9 Å². The Balaban J connectivity index is 1.60. The molecule has 3 aromatic heterocycles. The number of piperidine rings is 1. The molecule has 1 aliphatic rings. The number of aromatic nitrogens is 3. The molecule has 2 unspecified atom stereocenters. The number of aliphatic hydroxyl groups excluding tert-OH is 1. The van der Waals surface area contributed by atoms with E-state index in [4.69, 9.17) is 4.42 Å². The maximum Gasteiger partial charge on any atom is 0.272 e. The molecule has 2 atom stereocenters. The van der Waals surface area contributed by atoms with Crippen LogP contribution < -0.4 is 0 Å². The van der Waals surface area contributed by atoms with Gasteiger partial charge in [-0.05, 0) is 25.0 Å². The smallest absolute Gasteiger partial charge is 0.272 e. The third-order valence-electron chi connectivity index (χ3n) is 6.45. The molecule has 0 bridgehead atoms. The summed E-state index contributed by atoms with van der Waals surface area (Å²) in [5.74, 6) is -0.544. The van der Waals surface area contributed by atoms with Crippen molar-refractivity contribution in [3.05, 3.63) is 48.5 Å². The molecule has 5 rings (SSSR count). The van der Waals surface area contributed by atoms with Crippen molar-refractivity contribution in [3.8, 4) is 11.3 Å². The number of amides is 1. The molecule has 0 saturated carbocycles. The number of para-hydroxylation sites is 1. The maximum absolute atomic E-state index is 13.2. The van der Waals surface area contributed by atoms with Crippen LogP contribution in [0.15, 0.2) is 47.2 Å². The van der Waals surface area contributed by atoms with Crippen LogP contribution in [0.2, 0.25) is 0 Å². The summed E-state index contributed by atoms with van der Waals surface area (Å²) in [4.78, 5) is 19.4. The molecule has 9 nitrogen and oxygen atoms in total. The molecule has 0 aliphatic carbocycles. The SMILES string of the molecule is CCC1CN(C(=O)c2cc3c(cn2)c(-c2coc4ccccc24)nn3CS(C)(=O)=O)CCC1O. The minimum Gasteiger partial charge on any atom is -0.464 e. The summed E-state index contributed by atoms with van der Waals surface area (Å²) in [5, 5.41) is 16.2. The first-order chi connectivity index (χ1) is 16.2. The van der Waals surface area contributed by atoms with Gasteiger partial charge in [0.25, 0.3) is 5.91 Å². The van der Waals surface area contributed by atoms with Crippen LogP contribution in [0.5, 0.6) is 0 Å². The van der Waals surface area contributed by atoms with Crippen LogP contribution in [0.4, 0.5) is 0 Å². The molecule has 4 aromatic rings. The zero-order valence-corrected chi connectivity index (χ0v) is 19.8. The van der Waals surface area contributed by atoms with Crippen LogP contribution in [-0.4, -0.2) is 64.5 Å². The molecule has 1 aromatic carbocycles. The minimum atomic E-state index is -3.40. The average molecular weight is 483 g/mol. The number of furan rings is 1. The molecule has 0 radical (unpaired) electrons. The summed E-state index contributed by atoms with van der Waals surface area (Å²) >= 11 is 0. The topological polar surface area (TPSA) is 119 Å². The normalized spacial score (nSPS) is 19.2. The monoisotopic (exact) mass is 482 g/mol. The standard InChI is InChI=1S/C24H26N4O5S/c1-3-15-12-27(9-8-21(15)29)24(30)19-10-20-17(11-25-19)23(26-28(20)14-34(2,31)32)18-13-33-22-7-5-4-6-16(18)22/h4-7,10-11,13,15,21,29H,3,8-9,12,14H2,1-2H3. The number of fused-ring (bicyclic) bond motifs is 2. The van der Waals surface area contributed by atoms with Crippen molar-refractivity contribution in [2.45, 2.75) is 31.7 Å². The number of rotatable bonds is 5. The third-order valence-corrected chi connectivity index (χ3v) is 7.17. The van der Waals surface area contributed by atoms with Gasteiger partial charge in [-0.15, -0.1) is 0 Å². The Morgan fingerprint density at radius 2 is 2.06 bits per heavy atom. The molecule has 1 N–H and O–H groups in total. The first kappa shape index (κ1) is 22.5. The number of sulfone groups is 1. The summed E-state index contributed by atoms with van der Waals surface area (Å²) in [6.45, 7) is 2.91. The number of likely N-dealkylation sites (tertiary alicyclic amines) is 1. The molecule has 1 fully saturated rings. The fourth-order valence-corrected chi connectivity index (χ4v) is 5.28. The predicted molar refractivity (Wildman–Crippen MR) is 128 cm³/mol. The van der Waals surface area contributed by atoms with Gasteiger partial charge in [-0.1, -0.05) is 25.1 Å². The van der Waals surface area contributed by atoms with E-state index in [-0.39, 0.29) is 23.4 Å². The first-order valence-corrected chi connectivity index (χ1v) is 13.3. The molecule has 1 aliphatic heterocycles. The number of pyridine rings is 1. The number of carbonyl (C=O) groups excluding carboxylic acids is 1. The Kier molecular flexibility index (Phi) is 5.65. The summed E-state index contributed by atoms with van der Waals surface area (Å²) in [6.07, 6.45) is 5.21. The molecule has 0 spiro atoms. The van der Waals surface area contributed by atoms with E-state index in [0.29, 0.717) is 41.7 Å². The van der Waals surface area contributed by atoms with Gasteiger partial charge in [0.1, 0.15) is 29.1 Å². The molecular weight excluding hydrogens is 456 g/mol. The molecule has 1 amide bonds. The lowest BCUT2D eigenvalue weighted by Gasteiger charge is -2.35. The lowest BCUT2D eigenvalue weighted by atomic mass is 9.92. The maximum atomic E-state index is 13.2.